The zero-order valence-electron chi connectivity index (χ0n) is 16.8. The van der Waals surface area contributed by atoms with Crippen LogP contribution in [0.3, 0.4) is 0 Å². The Labute approximate surface area is 167 Å². The minimum atomic E-state index is -0.307. The van der Waals surface area contributed by atoms with Gasteiger partial charge in [-0.15, -0.1) is 0 Å². The third-order valence-corrected chi connectivity index (χ3v) is 6.96. The summed E-state index contributed by atoms with van der Waals surface area (Å²) in [5, 5.41) is 0. The molecule has 4 rings (SSSR count). The molecule has 1 spiro atoms. The van der Waals surface area contributed by atoms with Gasteiger partial charge in [-0.25, -0.2) is 9.97 Å². The summed E-state index contributed by atoms with van der Waals surface area (Å²) in [6.45, 7) is 4.98. The van der Waals surface area contributed by atoms with Gasteiger partial charge in [0.05, 0.1) is 5.92 Å². The molecule has 0 bridgehead atoms. The standard InChI is InChI=1S/C22H32N4O2/c27-19-16-22(7-2-3-8-22)17-20(28)18(19)6-1-4-11-25-12-14-26(15-13-25)21-23-9-5-10-24-21/h5,9-10,18H,1-4,6-8,11-17H2. The number of hydrogen-bond donors (Lipinski definition) is 0. The molecule has 1 aromatic rings. The number of Topliss-reactive ketones (excluding diaryl/α,β-unsaturated/α-hetero) is 2. The average molecular weight is 385 g/mol. The van der Waals surface area contributed by atoms with Crippen LogP contribution in [-0.4, -0.2) is 59.2 Å². The van der Waals surface area contributed by atoms with E-state index in [1.54, 1.807) is 12.4 Å². The van der Waals surface area contributed by atoms with Gasteiger partial charge in [-0.05, 0) is 43.7 Å². The molecule has 6 heteroatoms. The molecule has 2 aliphatic carbocycles. The highest BCUT2D eigenvalue weighted by atomic mass is 16.2. The number of hydrogen-bond acceptors (Lipinski definition) is 6. The third-order valence-electron chi connectivity index (χ3n) is 6.96. The first kappa shape index (κ1) is 19.5. The van der Waals surface area contributed by atoms with Gasteiger partial charge in [0.2, 0.25) is 5.95 Å². The van der Waals surface area contributed by atoms with Crippen molar-refractivity contribution in [3.8, 4) is 0 Å². The Hall–Kier alpha value is -1.82. The Morgan fingerprint density at radius 1 is 0.929 bits per heavy atom. The molecule has 0 radical (unpaired) electrons. The number of carbonyl (C=O) groups excluding carboxylic acids is 2. The molecule has 1 aliphatic heterocycles. The zero-order valence-corrected chi connectivity index (χ0v) is 16.8. The van der Waals surface area contributed by atoms with Gasteiger partial charge in [0.1, 0.15) is 11.6 Å². The highest BCUT2D eigenvalue weighted by Crippen LogP contribution is 2.48. The fraction of sp³-hybridized carbons (Fsp3) is 0.727. The van der Waals surface area contributed by atoms with Crippen LogP contribution < -0.4 is 4.90 Å². The molecular weight excluding hydrogens is 352 g/mol. The van der Waals surface area contributed by atoms with Crippen molar-refractivity contribution >= 4 is 17.5 Å². The minimum absolute atomic E-state index is 0.0484. The van der Waals surface area contributed by atoms with Crippen molar-refractivity contribution in [3.05, 3.63) is 18.5 Å². The zero-order chi connectivity index (χ0) is 19.4. The van der Waals surface area contributed by atoms with Gasteiger partial charge in [-0.3, -0.25) is 14.5 Å². The second-order valence-corrected chi connectivity index (χ2v) is 8.92. The molecule has 6 nitrogen and oxygen atoms in total. The van der Waals surface area contributed by atoms with Crippen molar-refractivity contribution in [2.45, 2.75) is 57.8 Å². The van der Waals surface area contributed by atoms with Crippen molar-refractivity contribution in [2.24, 2.45) is 11.3 Å². The van der Waals surface area contributed by atoms with Gasteiger partial charge in [0, 0.05) is 51.4 Å². The summed E-state index contributed by atoms with van der Waals surface area (Å²) in [4.78, 5) is 38.5. The normalized spacial score (nSPS) is 23.6. The van der Waals surface area contributed by atoms with Crippen LogP contribution in [0.5, 0.6) is 0 Å². The molecule has 3 fully saturated rings. The average Bonchev–Trinajstić information content (AvgIpc) is 3.15. The Kier molecular flexibility index (Phi) is 6.04. The van der Waals surface area contributed by atoms with Gasteiger partial charge in [0.25, 0.3) is 0 Å². The van der Waals surface area contributed by atoms with Crippen LogP contribution in [0.15, 0.2) is 18.5 Å². The fourth-order valence-corrected chi connectivity index (χ4v) is 5.34. The van der Waals surface area contributed by atoms with Gasteiger partial charge in [0.15, 0.2) is 0 Å². The van der Waals surface area contributed by atoms with Gasteiger partial charge < -0.3 is 4.90 Å². The SMILES string of the molecule is O=C1CC2(CCCC2)CC(=O)C1CCCCN1CCN(c2ncccn2)CC1. The second-order valence-electron chi connectivity index (χ2n) is 8.92. The highest BCUT2D eigenvalue weighted by Gasteiger charge is 2.45. The van der Waals surface area contributed by atoms with E-state index in [4.69, 9.17) is 0 Å². The first-order valence-electron chi connectivity index (χ1n) is 11.0. The number of unbranched alkanes of at least 4 members (excludes halogenated alkanes) is 1. The number of nitrogens with zero attached hydrogens (tertiary/aromatic N) is 4. The fourth-order valence-electron chi connectivity index (χ4n) is 5.34. The number of ketones is 2. The van der Waals surface area contributed by atoms with E-state index in [0.717, 1.165) is 70.8 Å². The number of piperazine rings is 1. The summed E-state index contributed by atoms with van der Waals surface area (Å²) in [5.41, 5.74) is 0.0484. The number of rotatable bonds is 6. The van der Waals surface area contributed by atoms with Crippen LogP contribution in [0.2, 0.25) is 0 Å². The Bertz CT molecular complexity index is 659. The molecule has 1 saturated heterocycles. The lowest BCUT2D eigenvalue weighted by atomic mass is 9.67. The molecule has 0 atom stereocenters. The lowest BCUT2D eigenvalue weighted by Crippen LogP contribution is -2.47. The predicted octanol–water partition coefficient (Wildman–Crippen LogP) is 2.88. The molecule has 0 aromatic carbocycles. The molecule has 2 heterocycles. The van der Waals surface area contributed by atoms with E-state index in [2.05, 4.69) is 19.8 Å². The topological polar surface area (TPSA) is 66.4 Å². The molecule has 1 aromatic heterocycles. The van der Waals surface area contributed by atoms with E-state index >= 15 is 0 Å². The summed E-state index contributed by atoms with van der Waals surface area (Å²) < 4.78 is 0. The van der Waals surface area contributed by atoms with E-state index in [1.807, 2.05) is 6.07 Å². The summed E-state index contributed by atoms with van der Waals surface area (Å²) in [5.74, 6) is 0.971. The van der Waals surface area contributed by atoms with Crippen molar-refractivity contribution < 1.29 is 9.59 Å². The highest BCUT2D eigenvalue weighted by molar-refractivity contribution is 6.05. The van der Waals surface area contributed by atoms with Crippen molar-refractivity contribution in [2.75, 3.05) is 37.6 Å². The molecule has 28 heavy (non-hydrogen) atoms. The van der Waals surface area contributed by atoms with Crippen LogP contribution >= 0.6 is 0 Å². The molecule has 3 aliphatic rings. The van der Waals surface area contributed by atoms with E-state index in [9.17, 15) is 9.59 Å². The summed E-state index contributed by atoms with van der Waals surface area (Å²) in [6, 6.07) is 1.84. The predicted molar refractivity (Wildman–Crippen MR) is 108 cm³/mol. The van der Waals surface area contributed by atoms with E-state index in [0.29, 0.717) is 12.8 Å². The van der Waals surface area contributed by atoms with Crippen LogP contribution in [0.4, 0.5) is 5.95 Å². The quantitative estimate of drug-likeness (QED) is 0.555. The third kappa shape index (κ3) is 4.43. The summed E-state index contributed by atoms with van der Waals surface area (Å²) in [7, 11) is 0. The number of anilines is 1. The Balaban J connectivity index is 1.16. The molecule has 152 valence electrons. The van der Waals surface area contributed by atoms with Crippen LogP contribution in [-0.2, 0) is 9.59 Å². The largest absolute Gasteiger partial charge is 0.338 e. The van der Waals surface area contributed by atoms with Crippen LogP contribution in [0.1, 0.15) is 57.8 Å². The van der Waals surface area contributed by atoms with Gasteiger partial charge in [-0.1, -0.05) is 19.3 Å². The Morgan fingerprint density at radius 3 is 2.21 bits per heavy atom. The van der Waals surface area contributed by atoms with Crippen LogP contribution in [0, 0.1) is 11.3 Å². The maximum atomic E-state index is 12.6. The molecule has 2 saturated carbocycles. The maximum absolute atomic E-state index is 12.6. The Morgan fingerprint density at radius 2 is 1.57 bits per heavy atom. The van der Waals surface area contributed by atoms with Crippen LogP contribution in [0.25, 0.3) is 0 Å². The monoisotopic (exact) mass is 384 g/mol. The lowest BCUT2D eigenvalue weighted by Gasteiger charge is -2.35. The van der Waals surface area contributed by atoms with E-state index in [-0.39, 0.29) is 22.9 Å². The van der Waals surface area contributed by atoms with E-state index in [1.165, 1.54) is 12.8 Å². The van der Waals surface area contributed by atoms with Crippen molar-refractivity contribution in [1.29, 1.82) is 0 Å². The molecular formula is C22H32N4O2. The smallest absolute Gasteiger partial charge is 0.225 e. The minimum Gasteiger partial charge on any atom is -0.338 e. The van der Waals surface area contributed by atoms with Gasteiger partial charge >= 0.3 is 0 Å². The summed E-state index contributed by atoms with van der Waals surface area (Å²) >= 11 is 0. The first-order valence-corrected chi connectivity index (χ1v) is 11.0. The maximum Gasteiger partial charge on any atom is 0.225 e. The molecule has 0 N–H and O–H groups in total. The van der Waals surface area contributed by atoms with Crippen molar-refractivity contribution in [3.63, 3.8) is 0 Å². The number of aromatic nitrogens is 2. The van der Waals surface area contributed by atoms with Gasteiger partial charge in [-0.2, -0.15) is 0 Å². The second kappa shape index (κ2) is 8.68. The summed E-state index contributed by atoms with van der Waals surface area (Å²) in [6.07, 6.45) is 12.2. The van der Waals surface area contributed by atoms with E-state index < -0.39 is 0 Å². The molecule has 0 unspecified atom stereocenters. The lowest BCUT2D eigenvalue weighted by molar-refractivity contribution is -0.140. The van der Waals surface area contributed by atoms with Crippen molar-refractivity contribution in [1.82, 2.24) is 14.9 Å². The first-order chi connectivity index (χ1) is 13.7. The number of carbonyl (C=O) groups is 2. The molecule has 0 amide bonds.